The number of hydrogen-bond donors (Lipinski definition) is 0. The number of rotatable bonds is 5. The van der Waals surface area contributed by atoms with Gasteiger partial charge in [0.2, 0.25) is 0 Å². The number of nitrogens with zero attached hydrogens (tertiary/aromatic N) is 1. The van der Waals surface area contributed by atoms with Crippen LogP contribution in [0.25, 0.3) is 22.4 Å². The molecular formula is C23H21NO. The smallest absolute Gasteiger partial charge is 0.119 e. The summed E-state index contributed by atoms with van der Waals surface area (Å²) in [5.41, 5.74) is 2.61. The van der Waals surface area contributed by atoms with Crippen molar-refractivity contribution < 1.29 is 4.74 Å². The topological polar surface area (TPSA) is 33.0 Å². The van der Waals surface area contributed by atoms with Gasteiger partial charge in [0.15, 0.2) is 0 Å². The lowest BCUT2D eigenvalue weighted by Crippen LogP contribution is -2.04. The summed E-state index contributed by atoms with van der Waals surface area (Å²) in [5, 5.41) is 11.9. The lowest BCUT2D eigenvalue weighted by molar-refractivity contribution is 0.271. The van der Waals surface area contributed by atoms with Gasteiger partial charge in [-0.05, 0) is 40.5 Å². The first kappa shape index (κ1) is 16.8. The van der Waals surface area contributed by atoms with Crippen molar-refractivity contribution in [2.24, 2.45) is 5.92 Å². The van der Waals surface area contributed by atoms with Gasteiger partial charge in [0.1, 0.15) is 5.75 Å². The summed E-state index contributed by atoms with van der Waals surface area (Å²) in [6.07, 6.45) is 1.92. The van der Waals surface area contributed by atoms with Gasteiger partial charge in [0, 0.05) is 5.56 Å². The molecule has 0 spiro atoms. The van der Waals surface area contributed by atoms with Crippen LogP contribution in [0.1, 0.15) is 25.0 Å². The Morgan fingerprint density at radius 1 is 1.00 bits per heavy atom. The minimum Gasteiger partial charge on any atom is -0.493 e. The van der Waals surface area contributed by atoms with Crippen LogP contribution >= 0.6 is 0 Å². The molecule has 0 atom stereocenters. The largest absolute Gasteiger partial charge is 0.493 e. The van der Waals surface area contributed by atoms with Gasteiger partial charge in [-0.25, -0.2) is 0 Å². The minimum atomic E-state index is 0.496. The number of allylic oxidation sites excluding steroid dienone is 1. The predicted octanol–water partition coefficient (Wildman–Crippen LogP) is 5.94. The van der Waals surface area contributed by atoms with E-state index in [9.17, 15) is 5.26 Å². The molecule has 3 aromatic rings. The SMILES string of the molecule is CC(C)COc1ccc(/C=C(\C#N)c2cccc3ccccc23)cc1. The van der Waals surface area contributed by atoms with Gasteiger partial charge in [-0.1, -0.05) is 68.4 Å². The predicted molar refractivity (Wildman–Crippen MR) is 104 cm³/mol. The third-order valence-electron chi connectivity index (χ3n) is 3.97. The zero-order valence-electron chi connectivity index (χ0n) is 14.6. The lowest BCUT2D eigenvalue weighted by Gasteiger charge is -2.09. The molecule has 0 aliphatic heterocycles. The molecule has 0 aliphatic carbocycles. The van der Waals surface area contributed by atoms with Crippen LogP contribution in [-0.4, -0.2) is 6.61 Å². The van der Waals surface area contributed by atoms with E-state index in [0.29, 0.717) is 18.1 Å². The van der Waals surface area contributed by atoms with E-state index < -0.39 is 0 Å². The summed E-state index contributed by atoms with van der Waals surface area (Å²) in [6, 6.07) is 24.4. The summed E-state index contributed by atoms with van der Waals surface area (Å²) in [7, 11) is 0. The Kier molecular flexibility index (Phi) is 5.16. The highest BCUT2D eigenvalue weighted by Gasteiger charge is 2.06. The normalized spacial score (nSPS) is 11.5. The molecule has 3 aromatic carbocycles. The Labute approximate surface area is 149 Å². The van der Waals surface area contributed by atoms with Gasteiger partial charge in [0.05, 0.1) is 18.2 Å². The van der Waals surface area contributed by atoms with Crippen molar-refractivity contribution in [1.82, 2.24) is 0 Å². The maximum Gasteiger partial charge on any atom is 0.119 e. The number of hydrogen-bond acceptors (Lipinski definition) is 2. The molecule has 3 rings (SSSR count). The van der Waals surface area contributed by atoms with Crippen LogP contribution in [0.4, 0.5) is 0 Å². The number of ether oxygens (including phenoxy) is 1. The summed E-state index contributed by atoms with van der Waals surface area (Å²) in [6.45, 7) is 4.95. The zero-order valence-corrected chi connectivity index (χ0v) is 14.6. The van der Waals surface area contributed by atoms with Crippen molar-refractivity contribution in [2.75, 3.05) is 6.61 Å². The fourth-order valence-electron chi connectivity index (χ4n) is 2.72. The molecule has 0 fully saturated rings. The average molecular weight is 327 g/mol. The van der Waals surface area contributed by atoms with Crippen LogP contribution in [0.3, 0.4) is 0 Å². The molecule has 25 heavy (non-hydrogen) atoms. The van der Waals surface area contributed by atoms with E-state index in [1.807, 2.05) is 54.6 Å². The second-order valence-electron chi connectivity index (χ2n) is 6.47. The van der Waals surface area contributed by atoms with Crippen molar-refractivity contribution in [3.63, 3.8) is 0 Å². The Balaban J connectivity index is 1.91. The van der Waals surface area contributed by atoms with E-state index in [2.05, 4.69) is 38.1 Å². The van der Waals surface area contributed by atoms with Gasteiger partial charge in [-0.2, -0.15) is 5.26 Å². The summed E-state index contributed by atoms with van der Waals surface area (Å²) in [5.74, 6) is 1.35. The quantitative estimate of drug-likeness (QED) is 0.429. The average Bonchev–Trinajstić information content (AvgIpc) is 2.65. The molecule has 2 heteroatoms. The first-order valence-electron chi connectivity index (χ1n) is 8.50. The van der Waals surface area contributed by atoms with Crippen LogP contribution < -0.4 is 4.74 Å². The molecule has 0 N–H and O–H groups in total. The van der Waals surface area contributed by atoms with Crippen molar-refractivity contribution in [3.05, 3.63) is 77.9 Å². The second-order valence-corrected chi connectivity index (χ2v) is 6.47. The molecule has 0 bridgehead atoms. The number of nitriles is 1. The Morgan fingerprint density at radius 3 is 2.44 bits per heavy atom. The van der Waals surface area contributed by atoms with Crippen molar-refractivity contribution in [2.45, 2.75) is 13.8 Å². The molecule has 124 valence electrons. The molecule has 0 unspecified atom stereocenters. The van der Waals surface area contributed by atoms with Gasteiger partial charge in [-0.15, -0.1) is 0 Å². The Bertz CT molecular complexity index is 925. The van der Waals surface area contributed by atoms with E-state index in [1.54, 1.807) is 0 Å². The van der Waals surface area contributed by atoms with E-state index in [1.165, 1.54) is 0 Å². The first-order valence-corrected chi connectivity index (χ1v) is 8.50. The Morgan fingerprint density at radius 2 is 1.72 bits per heavy atom. The van der Waals surface area contributed by atoms with Crippen molar-refractivity contribution >= 4 is 22.4 Å². The fraction of sp³-hybridized carbons (Fsp3) is 0.174. The van der Waals surface area contributed by atoms with E-state index in [-0.39, 0.29) is 0 Å². The van der Waals surface area contributed by atoms with Crippen LogP contribution in [0.2, 0.25) is 0 Å². The van der Waals surface area contributed by atoms with E-state index in [4.69, 9.17) is 4.74 Å². The molecule has 0 saturated carbocycles. The maximum atomic E-state index is 9.66. The maximum absolute atomic E-state index is 9.66. The van der Waals surface area contributed by atoms with Crippen molar-refractivity contribution in [1.29, 1.82) is 5.26 Å². The highest BCUT2D eigenvalue weighted by molar-refractivity contribution is 6.01. The first-order chi connectivity index (χ1) is 12.2. The monoisotopic (exact) mass is 327 g/mol. The Hall–Kier alpha value is -3.05. The van der Waals surface area contributed by atoms with E-state index in [0.717, 1.165) is 27.6 Å². The lowest BCUT2D eigenvalue weighted by atomic mass is 9.97. The van der Waals surface area contributed by atoms with E-state index >= 15 is 0 Å². The van der Waals surface area contributed by atoms with Gasteiger partial charge in [-0.3, -0.25) is 0 Å². The van der Waals surface area contributed by atoms with Gasteiger partial charge in [0.25, 0.3) is 0 Å². The van der Waals surface area contributed by atoms with Crippen LogP contribution in [0, 0.1) is 17.2 Å². The third kappa shape index (κ3) is 4.08. The standard InChI is InChI=1S/C23H21NO/c1-17(2)16-25-21-12-10-18(11-13-21)14-20(15-24)23-9-5-7-19-6-3-4-8-22(19)23/h3-14,17H,16H2,1-2H3/b20-14+. The highest BCUT2D eigenvalue weighted by atomic mass is 16.5. The molecule has 0 amide bonds. The zero-order chi connectivity index (χ0) is 17.6. The molecular weight excluding hydrogens is 306 g/mol. The molecule has 0 heterocycles. The highest BCUT2D eigenvalue weighted by Crippen LogP contribution is 2.26. The number of fused-ring (bicyclic) bond motifs is 1. The van der Waals surface area contributed by atoms with Crippen LogP contribution in [0.5, 0.6) is 5.75 Å². The summed E-state index contributed by atoms with van der Waals surface area (Å²) >= 11 is 0. The molecule has 0 aliphatic rings. The van der Waals surface area contributed by atoms with Gasteiger partial charge >= 0.3 is 0 Å². The second kappa shape index (κ2) is 7.68. The number of benzene rings is 3. The molecule has 0 aromatic heterocycles. The molecule has 0 radical (unpaired) electrons. The van der Waals surface area contributed by atoms with Crippen molar-refractivity contribution in [3.8, 4) is 11.8 Å². The third-order valence-corrected chi connectivity index (χ3v) is 3.97. The summed E-state index contributed by atoms with van der Waals surface area (Å²) < 4.78 is 5.71. The fourth-order valence-corrected chi connectivity index (χ4v) is 2.72. The molecule has 0 saturated heterocycles. The molecule has 2 nitrogen and oxygen atoms in total. The van der Waals surface area contributed by atoms with Crippen LogP contribution in [0.15, 0.2) is 66.7 Å². The minimum absolute atomic E-state index is 0.496. The summed E-state index contributed by atoms with van der Waals surface area (Å²) in [4.78, 5) is 0. The van der Waals surface area contributed by atoms with Crippen LogP contribution in [-0.2, 0) is 0 Å². The van der Waals surface area contributed by atoms with Gasteiger partial charge < -0.3 is 4.74 Å².